The van der Waals surface area contributed by atoms with Crippen molar-refractivity contribution < 1.29 is 0 Å². The smallest absolute Gasteiger partial charge is 0.101 e. The van der Waals surface area contributed by atoms with Crippen molar-refractivity contribution >= 4 is 17.3 Å². The van der Waals surface area contributed by atoms with Crippen molar-refractivity contribution in [1.29, 1.82) is 5.26 Å². The molecule has 1 aliphatic carbocycles. The van der Waals surface area contributed by atoms with Crippen LogP contribution in [0.5, 0.6) is 0 Å². The summed E-state index contributed by atoms with van der Waals surface area (Å²) in [7, 11) is 0. The molecule has 1 aliphatic rings. The quantitative estimate of drug-likeness (QED) is 0.878. The Morgan fingerprint density at radius 2 is 2.22 bits per heavy atom. The monoisotopic (exact) mass is 262 g/mol. The lowest BCUT2D eigenvalue weighted by molar-refractivity contribution is 0.556. The standard InChI is InChI=1S/C15H19ClN2/c1-3-12-14(8-7-11(9-17)15(12)16)18-13-6-4-5-10(13)2/h7-8,10,13,18H,3-6H2,1-2H3. The van der Waals surface area contributed by atoms with E-state index in [0.717, 1.165) is 17.7 Å². The lowest BCUT2D eigenvalue weighted by Gasteiger charge is -2.21. The Balaban J connectivity index is 2.28. The van der Waals surface area contributed by atoms with Gasteiger partial charge in [-0.05, 0) is 42.9 Å². The molecule has 0 radical (unpaired) electrons. The van der Waals surface area contributed by atoms with E-state index < -0.39 is 0 Å². The third kappa shape index (κ3) is 2.47. The van der Waals surface area contributed by atoms with Crippen LogP contribution in [-0.4, -0.2) is 6.04 Å². The minimum absolute atomic E-state index is 0.541. The van der Waals surface area contributed by atoms with Gasteiger partial charge in [0.25, 0.3) is 0 Å². The predicted molar refractivity (Wildman–Crippen MR) is 76.0 cm³/mol. The summed E-state index contributed by atoms with van der Waals surface area (Å²) in [6.07, 6.45) is 4.66. The van der Waals surface area contributed by atoms with Gasteiger partial charge in [-0.1, -0.05) is 31.9 Å². The largest absolute Gasteiger partial charge is 0.382 e. The summed E-state index contributed by atoms with van der Waals surface area (Å²) in [5.74, 6) is 0.712. The first kappa shape index (κ1) is 13.2. The number of hydrogen-bond acceptors (Lipinski definition) is 2. The molecule has 0 amide bonds. The van der Waals surface area contributed by atoms with Gasteiger partial charge in [-0.3, -0.25) is 0 Å². The van der Waals surface area contributed by atoms with E-state index in [1.807, 2.05) is 12.1 Å². The van der Waals surface area contributed by atoms with E-state index in [0.29, 0.717) is 22.5 Å². The summed E-state index contributed by atoms with van der Waals surface area (Å²) in [5, 5.41) is 13.2. The molecule has 2 atom stereocenters. The van der Waals surface area contributed by atoms with Crippen LogP contribution in [0.15, 0.2) is 12.1 Å². The molecule has 0 spiro atoms. The van der Waals surface area contributed by atoms with Gasteiger partial charge in [-0.15, -0.1) is 0 Å². The highest BCUT2D eigenvalue weighted by molar-refractivity contribution is 6.32. The number of nitrogens with zero attached hydrogens (tertiary/aromatic N) is 1. The third-order valence-electron chi connectivity index (χ3n) is 3.92. The fraction of sp³-hybridized carbons (Fsp3) is 0.533. The number of anilines is 1. The van der Waals surface area contributed by atoms with Gasteiger partial charge in [0, 0.05) is 11.7 Å². The molecule has 1 aromatic carbocycles. The second kappa shape index (κ2) is 5.63. The fourth-order valence-corrected chi connectivity index (χ4v) is 3.09. The third-order valence-corrected chi connectivity index (χ3v) is 4.35. The van der Waals surface area contributed by atoms with Gasteiger partial charge in [0.2, 0.25) is 0 Å². The first-order valence-electron chi connectivity index (χ1n) is 6.65. The summed E-state index contributed by atoms with van der Waals surface area (Å²) >= 11 is 6.27. The van der Waals surface area contributed by atoms with Gasteiger partial charge in [-0.2, -0.15) is 5.26 Å². The van der Waals surface area contributed by atoms with Crippen LogP contribution in [0.2, 0.25) is 5.02 Å². The molecule has 1 saturated carbocycles. The van der Waals surface area contributed by atoms with E-state index in [4.69, 9.17) is 16.9 Å². The maximum Gasteiger partial charge on any atom is 0.101 e. The van der Waals surface area contributed by atoms with Crippen LogP contribution in [0.3, 0.4) is 0 Å². The van der Waals surface area contributed by atoms with Crippen molar-refractivity contribution in [2.75, 3.05) is 5.32 Å². The maximum atomic E-state index is 9.00. The number of halogens is 1. The van der Waals surface area contributed by atoms with Crippen LogP contribution in [0.4, 0.5) is 5.69 Å². The Labute approximate surface area is 114 Å². The second-order valence-corrected chi connectivity index (χ2v) is 5.46. The fourth-order valence-electron chi connectivity index (χ4n) is 2.75. The van der Waals surface area contributed by atoms with Gasteiger partial charge in [0.1, 0.15) is 6.07 Å². The summed E-state index contributed by atoms with van der Waals surface area (Å²) in [4.78, 5) is 0. The van der Waals surface area contributed by atoms with Crippen LogP contribution < -0.4 is 5.32 Å². The van der Waals surface area contributed by atoms with Crippen molar-refractivity contribution in [2.24, 2.45) is 5.92 Å². The van der Waals surface area contributed by atoms with Crippen molar-refractivity contribution in [2.45, 2.75) is 45.6 Å². The van der Waals surface area contributed by atoms with Crippen LogP contribution >= 0.6 is 11.6 Å². The van der Waals surface area contributed by atoms with Gasteiger partial charge >= 0.3 is 0 Å². The molecule has 1 fully saturated rings. The molecule has 0 aliphatic heterocycles. The normalized spacial score (nSPS) is 22.8. The molecule has 3 heteroatoms. The molecule has 0 heterocycles. The Morgan fingerprint density at radius 3 is 2.78 bits per heavy atom. The Hall–Kier alpha value is -1.20. The first-order chi connectivity index (χ1) is 8.67. The van der Waals surface area contributed by atoms with Crippen molar-refractivity contribution in [3.05, 3.63) is 28.3 Å². The molecule has 0 aromatic heterocycles. The second-order valence-electron chi connectivity index (χ2n) is 5.08. The highest BCUT2D eigenvalue weighted by Gasteiger charge is 2.24. The molecule has 2 rings (SSSR count). The molecule has 96 valence electrons. The number of hydrogen-bond donors (Lipinski definition) is 1. The van der Waals surface area contributed by atoms with E-state index in [1.165, 1.54) is 19.3 Å². The highest BCUT2D eigenvalue weighted by Crippen LogP contribution is 2.33. The van der Waals surface area contributed by atoms with Crippen LogP contribution in [0.25, 0.3) is 0 Å². The lowest BCUT2D eigenvalue weighted by Crippen LogP contribution is -2.22. The topological polar surface area (TPSA) is 35.8 Å². The number of benzene rings is 1. The zero-order valence-electron chi connectivity index (χ0n) is 11.0. The van der Waals surface area contributed by atoms with E-state index in [-0.39, 0.29) is 0 Å². The molecule has 2 unspecified atom stereocenters. The van der Waals surface area contributed by atoms with Crippen LogP contribution in [-0.2, 0) is 6.42 Å². The minimum atomic E-state index is 0.541. The molecular weight excluding hydrogens is 244 g/mol. The summed E-state index contributed by atoms with van der Waals surface area (Å²) in [5.41, 5.74) is 2.73. The van der Waals surface area contributed by atoms with Crippen molar-refractivity contribution in [3.63, 3.8) is 0 Å². The Bertz CT molecular complexity index is 476. The summed E-state index contributed by atoms with van der Waals surface area (Å²) < 4.78 is 0. The predicted octanol–water partition coefficient (Wildman–Crippen LogP) is 4.37. The Morgan fingerprint density at radius 1 is 1.44 bits per heavy atom. The summed E-state index contributed by atoms with van der Waals surface area (Å²) in [6, 6.07) is 6.48. The minimum Gasteiger partial charge on any atom is -0.382 e. The van der Waals surface area contributed by atoms with Crippen molar-refractivity contribution in [3.8, 4) is 6.07 Å². The molecular formula is C15H19ClN2. The average Bonchev–Trinajstić information content (AvgIpc) is 2.76. The molecule has 0 saturated heterocycles. The van der Waals surface area contributed by atoms with E-state index in [2.05, 4.69) is 25.2 Å². The number of nitriles is 1. The van der Waals surface area contributed by atoms with E-state index in [1.54, 1.807) is 0 Å². The zero-order chi connectivity index (χ0) is 13.1. The zero-order valence-corrected chi connectivity index (χ0v) is 11.7. The van der Waals surface area contributed by atoms with Gasteiger partial charge in [0.15, 0.2) is 0 Å². The van der Waals surface area contributed by atoms with Gasteiger partial charge in [-0.25, -0.2) is 0 Å². The summed E-state index contributed by atoms with van der Waals surface area (Å²) in [6.45, 7) is 4.37. The first-order valence-corrected chi connectivity index (χ1v) is 7.03. The Kier molecular flexibility index (Phi) is 4.14. The van der Waals surface area contributed by atoms with Gasteiger partial charge < -0.3 is 5.32 Å². The van der Waals surface area contributed by atoms with Crippen molar-refractivity contribution in [1.82, 2.24) is 0 Å². The van der Waals surface area contributed by atoms with E-state index >= 15 is 0 Å². The molecule has 0 bridgehead atoms. The van der Waals surface area contributed by atoms with Crippen LogP contribution in [0, 0.1) is 17.2 Å². The molecule has 1 aromatic rings. The number of nitrogens with one attached hydrogen (secondary N) is 1. The van der Waals surface area contributed by atoms with Crippen LogP contribution in [0.1, 0.15) is 44.2 Å². The lowest BCUT2D eigenvalue weighted by atomic mass is 10.0. The molecule has 2 nitrogen and oxygen atoms in total. The SMILES string of the molecule is CCc1c(NC2CCCC2C)ccc(C#N)c1Cl. The number of rotatable bonds is 3. The van der Waals surface area contributed by atoms with Gasteiger partial charge in [0.05, 0.1) is 10.6 Å². The highest BCUT2D eigenvalue weighted by atomic mass is 35.5. The molecule has 1 N–H and O–H groups in total. The van der Waals surface area contributed by atoms with E-state index in [9.17, 15) is 0 Å². The molecule has 18 heavy (non-hydrogen) atoms. The maximum absolute atomic E-state index is 9.00. The average molecular weight is 263 g/mol.